The number of nitrogens with zero attached hydrogens (tertiary/aromatic N) is 4. The standard InChI is InChI=1S/C17H26N6O2/c1-4-22-8-7-18-16(22)15-14(6-5-9-25-15)21-17(24)20-13-10-19-23(11-13)12(2)3/h7-8,10-12,14-15H,4-6,9H2,1-3H3,(H2,20,21,24)/t14-,15-/m1/s1. The minimum absolute atomic E-state index is 0.110. The maximum atomic E-state index is 12.4. The first-order valence-electron chi connectivity index (χ1n) is 8.82. The second-order valence-corrected chi connectivity index (χ2v) is 6.51. The van der Waals surface area contributed by atoms with E-state index in [0.717, 1.165) is 25.2 Å². The lowest BCUT2D eigenvalue weighted by molar-refractivity contribution is -0.0140. The molecule has 3 heterocycles. The van der Waals surface area contributed by atoms with Gasteiger partial charge in [0.2, 0.25) is 0 Å². The van der Waals surface area contributed by atoms with Crippen LogP contribution in [0.2, 0.25) is 0 Å². The first-order chi connectivity index (χ1) is 12.1. The number of hydrogen-bond acceptors (Lipinski definition) is 4. The first-order valence-corrected chi connectivity index (χ1v) is 8.82. The Morgan fingerprint density at radius 1 is 1.48 bits per heavy atom. The molecule has 2 amide bonds. The van der Waals surface area contributed by atoms with Crippen molar-refractivity contribution in [3.05, 3.63) is 30.6 Å². The highest BCUT2D eigenvalue weighted by molar-refractivity contribution is 5.89. The van der Waals surface area contributed by atoms with E-state index in [1.807, 2.05) is 26.2 Å². The van der Waals surface area contributed by atoms with Crippen LogP contribution in [0.1, 0.15) is 51.6 Å². The number of urea groups is 1. The van der Waals surface area contributed by atoms with Crippen LogP contribution in [0.15, 0.2) is 24.8 Å². The second kappa shape index (κ2) is 7.69. The lowest BCUT2D eigenvalue weighted by Crippen LogP contribution is -2.45. The van der Waals surface area contributed by atoms with E-state index in [2.05, 4.69) is 32.2 Å². The SMILES string of the molecule is CCn1ccnc1[C@@H]1OCCC[C@H]1NC(=O)Nc1cnn(C(C)C)c1. The molecule has 2 atom stereocenters. The lowest BCUT2D eigenvalue weighted by Gasteiger charge is -2.32. The largest absolute Gasteiger partial charge is 0.368 e. The van der Waals surface area contributed by atoms with E-state index in [1.165, 1.54) is 0 Å². The number of aromatic nitrogens is 4. The summed E-state index contributed by atoms with van der Waals surface area (Å²) in [4.78, 5) is 16.8. The third-order valence-electron chi connectivity index (χ3n) is 4.37. The van der Waals surface area contributed by atoms with Crippen molar-refractivity contribution in [3.63, 3.8) is 0 Å². The van der Waals surface area contributed by atoms with E-state index in [1.54, 1.807) is 17.1 Å². The Bertz CT molecular complexity index is 708. The summed E-state index contributed by atoms with van der Waals surface area (Å²) < 4.78 is 9.78. The molecule has 2 aromatic heterocycles. The van der Waals surface area contributed by atoms with Gasteiger partial charge in [-0.3, -0.25) is 4.68 Å². The van der Waals surface area contributed by atoms with E-state index >= 15 is 0 Å². The number of rotatable bonds is 5. The van der Waals surface area contributed by atoms with Crippen molar-refractivity contribution < 1.29 is 9.53 Å². The zero-order valence-electron chi connectivity index (χ0n) is 15.0. The average Bonchev–Trinajstić information content (AvgIpc) is 3.24. The number of imidazole rings is 1. The number of amides is 2. The predicted octanol–water partition coefficient (Wildman–Crippen LogP) is 2.72. The van der Waals surface area contributed by atoms with Crippen LogP contribution in [0.4, 0.5) is 10.5 Å². The zero-order valence-corrected chi connectivity index (χ0v) is 15.0. The van der Waals surface area contributed by atoms with Gasteiger partial charge in [0.05, 0.1) is 17.9 Å². The minimum atomic E-state index is -0.251. The average molecular weight is 346 g/mol. The molecule has 0 bridgehead atoms. The van der Waals surface area contributed by atoms with Crippen LogP contribution in [0.3, 0.4) is 0 Å². The Morgan fingerprint density at radius 3 is 3.04 bits per heavy atom. The van der Waals surface area contributed by atoms with Gasteiger partial charge >= 0.3 is 6.03 Å². The van der Waals surface area contributed by atoms with Gasteiger partial charge in [0, 0.05) is 37.8 Å². The summed E-state index contributed by atoms with van der Waals surface area (Å²) >= 11 is 0. The number of anilines is 1. The Kier molecular flexibility index (Phi) is 5.37. The zero-order chi connectivity index (χ0) is 17.8. The van der Waals surface area contributed by atoms with Gasteiger partial charge in [0.15, 0.2) is 0 Å². The van der Waals surface area contributed by atoms with Gasteiger partial charge in [0.25, 0.3) is 0 Å². The van der Waals surface area contributed by atoms with Crippen molar-refractivity contribution in [1.82, 2.24) is 24.6 Å². The molecule has 136 valence electrons. The molecule has 2 N–H and O–H groups in total. The lowest BCUT2D eigenvalue weighted by atomic mass is 10.0. The van der Waals surface area contributed by atoms with Crippen LogP contribution in [0.25, 0.3) is 0 Å². The fourth-order valence-electron chi connectivity index (χ4n) is 3.05. The number of ether oxygens (including phenoxy) is 1. The molecule has 3 rings (SSSR count). The highest BCUT2D eigenvalue weighted by Crippen LogP contribution is 2.27. The summed E-state index contributed by atoms with van der Waals surface area (Å²) in [6, 6.07) is -0.109. The van der Waals surface area contributed by atoms with Crippen LogP contribution in [0, 0.1) is 0 Å². The summed E-state index contributed by atoms with van der Waals surface area (Å²) in [5, 5.41) is 10.1. The van der Waals surface area contributed by atoms with Crippen LogP contribution < -0.4 is 10.6 Å². The minimum Gasteiger partial charge on any atom is -0.368 e. The molecule has 1 aliphatic heterocycles. The van der Waals surface area contributed by atoms with Crippen LogP contribution in [-0.4, -0.2) is 38.0 Å². The van der Waals surface area contributed by atoms with Crippen LogP contribution in [-0.2, 0) is 11.3 Å². The monoisotopic (exact) mass is 346 g/mol. The third-order valence-corrected chi connectivity index (χ3v) is 4.37. The third kappa shape index (κ3) is 4.01. The number of carbonyl (C=O) groups is 1. The molecule has 25 heavy (non-hydrogen) atoms. The van der Waals surface area contributed by atoms with E-state index in [9.17, 15) is 4.79 Å². The molecule has 1 aliphatic rings. The normalized spacial score (nSPS) is 20.6. The fourth-order valence-corrected chi connectivity index (χ4v) is 3.05. The topological polar surface area (TPSA) is 86.0 Å². The van der Waals surface area contributed by atoms with Gasteiger partial charge < -0.3 is 19.9 Å². The highest BCUT2D eigenvalue weighted by Gasteiger charge is 2.31. The molecule has 0 saturated carbocycles. The first kappa shape index (κ1) is 17.5. The van der Waals surface area contributed by atoms with Gasteiger partial charge in [-0.15, -0.1) is 0 Å². The van der Waals surface area contributed by atoms with Gasteiger partial charge in [-0.1, -0.05) is 0 Å². The molecule has 0 aliphatic carbocycles. The van der Waals surface area contributed by atoms with Crippen LogP contribution >= 0.6 is 0 Å². The summed E-state index contributed by atoms with van der Waals surface area (Å²) in [5.41, 5.74) is 0.675. The van der Waals surface area contributed by atoms with E-state index in [0.29, 0.717) is 12.3 Å². The molecule has 0 spiro atoms. The summed E-state index contributed by atoms with van der Waals surface area (Å²) in [7, 11) is 0. The van der Waals surface area contributed by atoms with Crippen molar-refractivity contribution in [1.29, 1.82) is 0 Å². The Labute approximate surface area is 147 Å². The fraction of sp³-hybridized carbons (Fsp3) is 0.588. The molecule has 0 unspecified atom stereocenters. The van der Waals surface area contributed by atoms with Crippen molar-refractivity contribution in [2.24, 2.45) is 0 Å². The summed E-state index contributed by atoms with van der Waals surface area (Å²) in [6.45, 7) is 7.65. The Hall–Kier alpha value is -2.35. The van der Waals surface area contributed by atoms with Gasteiger partial charge in [0.1, 0.15) is 11.9 Å². The van der Waals surface area contributed by atoms with Crippen molar-refractivity contribution in [2.75, 3.05) is 11.9 Å². The molecule has 1 saturated heterocycles. The van der Waals surface area contributed by atoms with Crippen molar-refractivity contribution in [3.8, 4) is 0 Å². The number of hydrogen-bond donors (Lipinski definition) is 2. The summed E-state index contributed by atoms with van der Waals surface area (Å²) in [5.74, 6) is 0.861. The number of carbonyl (C=O) groups excluding carboxylic acids is 1. The molecule has 0 aromatic carbocycles. The maximum Gasteiger partial charge on any atom is 0.319 e. The molecule has 8 nitrogen and oxygen atoms in total. The molecule has 0 radical (unpaired) electrons. The molecular weight excluding hydrogens is 320 g/mol. The number of nitrogens with one attached hydrogen (secondary N) is 2. The highest BCUT2D eigenvalue weighted by atomic mass is 16.5. The van der Waals surface area contributed by atoms with Gasteiger partial charge in [-0.05, 0) is 33.6 Å². The van der Waals surface area contributed by atoms with Gasteiger partial charge in [-0.25, -0.2) is 9.78 Å². The maximum absolute atomic E-state index is 12.4. The van der Waals surface area contributed by atoms with Crippen molar-refractivity contribution >= 4 is 11.7 Å². The smallest absolute Gasteiger partial charge is 0.319 e. The molecule has 2 aromatic rings. The van der Waals surface area contributed by atoms with E-state index in [4.69, 9.17) is 4.74 Å². The quantitative estimate of drug-likeness (QED) is 0.871. The van der Waals surface area contributed by atoms with E-state index < -0.39 is 0 Å². The van der Waals surface area contributed by atoms with Crippen molar-refractivity contribution in [2.45, 2.75) is 58.3 Å². The predicted molar refractivity (Wildman–Crippen MR) is 94.4 cm³/mol. The molecular formula is C17H26N6O2. The van der Waals surface area contributed by atoms with E-state index in [-0.39, 0.29) is 24.2 Å². The molecule has 1 fully saturated rings. The van der Waals surface area contributed by atoms with Crippen LogP contribution in [0.5, 0.6) is 0 Å². The summed E-state index contributed by atoms with van der Waals surface area (Å²) in [6.07, 6.45) is 8.73. The molecule has 8 heteroatoms. The Morgan fingerprint density at radius 2 is 2.32 bits per heavy atom. The number of aryl methyl sites for hydroxylation is 1. The Balaban J connectivity index is 1.65. The second-order valence-electron chi connectivity index (χ2n) is 6.51. The van der Waals surface area contributed by atoms with Gasteiger partial charge in [-0.2, -0.15) is 5.10 Å².